The first-order chi connectivity index (χ1) is 9.77. The number of hydrogen-bond acceptors (Lipinski definition) is 3. The topological polar surface area (TPSA) is 28.4 Å². The van der Waals surface area contributed by atoms with Crippen molar-refractivity contribution in [3.8, 4) is 0 Å². The van der Waals surface area contributed by atoms with Gasteiger partial charge in [0.15, 0.2) is 0 Å². The Bertz CT molecular complexity index is 571. The molecule has 1 N–H and O–H groups in total. The van der Waals surface area contributed by atoms with Gasteiger partial charge in [-0.25, -0.2) is 4.39 Å². The molecule has 0 saturated carbocycles. The van der Waals surface area contributed by atoms with E-state index in [1.807, 2.05) is 12.1 Å². The van der Waals surface area contributed by atoms with Gasteiger partial charge in [0.2, 0.25) is 0 Å². The van der Waals surface area contributed by atoms with Crippen LogP contribution in [0.4, 0.5) is 4.39 Å². The van der Waals surface area contributed by atoms with Crippen LogP contribution in [0.15, 0.2) is 41.0 Å². The lowest BCUT2D eigenvalue weighted by Crippen LogP contribution is -2.45. The lowest BCUT2D eigenvalue weighted by Gasteiger charge is -2.34. The van der Waals surface area contributed by atoms with E-state index >= 15 is 0 Å². The van der Waals surface area contributed by atoms with Gasteiger partial charge in [-0.05, 0) is 18.2 Å². The first kappa shape index (κ1) is 16.3. The summed E-state index contributed by atoms with van der Waals surface area (Å²) < 4.78 is 19.9. The van der Waals surface area contributed by atoms with E-state index in [0.29, 0.717) is 5.56 Å². The molecule has 1 atom stereocenters. The molecule has 21 heavy (non-hydrogen) atoms. The quantitative estimate of drug-likeness (QED) is 0.933. The number of hydrogen-bond donors (Lipinski definition) is 1. The zero-order valence-electron chi connectivity index (χ0n) is 11.4. The average molecular weight is 331 g/mol. The van der Waals surface area contributed by atoms with E-state index < -0.39 is 0 Å². The Hall–Kier alpha value is -1.07. The highest BCUT2D eigenvalue weighted by Gasteiger charge is 2.28. The van der Waals surface area contributed by atoms with Gasteiger partial charge in [0.1, 0.15) is 11.6 Å². The van der Waals surface area contributed by atoms with Crippen LogP contribution in [-0.2, 0) is 0 Å². The summed E-state index contributed by atoms with van der Waals surface area (Å²) in [6, 6.07) is 8.60. The highest BCUT2D eigenvalue weighted by molar-refractivity contribution is 6.30. The first-order valence-corrected chi connectivity index (χ1v) is 7.07. The number of halogens is 3. The Morgan fingerprint density at radius 3 is 2.62 bits per heavy atom. The third kappa shape index (κ3) is 3.40. The fraction of sp³-hybridized carbons (Fsp3) is 0.333. The van der Waals surface area contributed by atoms with Crippen LogP contribution in [0, 0.1) is 5.82 Å². The van der Waals surface area contributed by atoms with E-state index in [4.69, 9.17) is 16.0 Å². The number of piperazine rings is 1. The largest absolute Gasteiger partial charge is 0.467 e. The van der Waals surface area contributed by atoms with Crippen LogP contribution in [0.5, 0.6) is 0 Å². The molecule has 0 amide bonds. The highest BCUT2D eigenvalue weighted by atomic mass is 35.5. The van der Waals surface area contributed by atoms with Gasteiger partial charge in [0, 0.05) is 31.7 Å². The van der Waals surface area contributed by atoms with Crippen LogP contribution in [0.2, 0.25) is 5.02 Å². The summed E-state index contributed by atoms with van der Waals surface area (Å²) in [4.78, 5) is 2.21. The maximum Gasteiger partial charge on any atom is 0.147 e. The lowest BCUT2D eigenvalue weighted by atomic mass is 10.0. The van der Waals surface area contributed by atoms with Gasteiger partial charge in [0.25, 0.3) is 0 Å². The smallest absolute Gasteiger partial charge is 0.147 e. The summed E-state index contributed by atoms with van der Waals surface area (Å²) in [5.41, 5.74) is 0.564. The minimum atomic E-state index is -0.367. The molecule has 1 aliphatic heterocycles. The Morgan fingerprint density at radius 2 is 1.95 bits per heavy atom. The molecule has 2 aromatic rings. The average Bonchev–Trinajstić information content (AvgIpc) is 2.99. The normalized spacial score (nSPS) is 17.2. The molecular formula is C15H17Cl2FN2O. The predicted molar refractivity (Wildman–Crippen MR) is 83.7 cm³/mol. The highest BCUT2D eigenvalue weighted by Crippen LogP contribution is 2.33. The minimum absolute atomic E-state index is 0. The van der Waals surface area contributed by atoms with Crippen molar-refractivity contribution < 1.29 is 8.81 Å². The van der Waals surface area contributed by atoms with Crippen molar-refractivity contribution in [1.29, 1.82) is 0 Å². The molecule has 0 spiro atoms. The van der Waals surface area contributed by atoms with Crippen LogP contribution in [-0.4, -0.2) is 31.1 Å². The van der Waals surface area contributed by atoms with Crippen molar-refractivity contribution in [1.82, 2.24) is 10.2 Å². The molecule has 1 fully saturated rings. The van der Waals surface area contributed by atoms with Crippen LogP contribution < -0.4 is 5.32 Å². The summed E-state index contributed by atoms with van der Waals surface area (Å²) in [6.45, 7) is 3.47. The molecule has 0 unspecified atom stereocenters. The summed E-state index contributed by atoms with van der Waals surface area (Å²) in [7, 11) is 0. The van der Waals surface area contributed by atoms with Crippen LogP contribution >= 0.6 is 24.0 Å². The number of benzene rings is 1. The molecule has 1 aromatic heterocycles. The Balaban J connectivity index is 0.00000161. The van der Waals surface area contributed by atoms with Gasteiger partial charge in [-0.15, -0.1) is 12.4 Å². The Kier molecular flexibility index (Phi) is 5.65. The molecule has 2 heterocycles. The van der Waals surface area contributed by atoms with E-state index in [1.165, 1.54) is 0 Å². The Labute approximate surface area is 134 Å². The van der Waals surface area contributed by atoms with E-state index in [-0.39, 0.29) is 29.3 Å². The number of rotatable bonds is 3. The molecule has 114 valence electrons. The second-order valence-electron chi connectivity index (χ2n) is 4.85. The van der Waals surface area contributed by atoms with E-state index in [1.54, 1.807) is 24.5 Å². The number of furan rings is 1. The van der Waals surface area contributed by atoms with Crippen molar-refractivity contribution in [3.05, 3.63) is 58.8 Å². The summed E-state index contributed by atoms with van der Waals surface area (Å²) in [5.74, 6) is 0.377. The van der Waals surface area contributed by atoms with Crippen molar-refractivity contribution in [3.63, 3.8) is 0 Å². The fourth-order valence-corrected chi connectivity index (χ4v) is 2.83. The lowest BCUT2D eigenvalue weighted by molar-refractivity contribution is 0.177. The molecule has 6 heteroatoms. The minimum Gasteiger partial charge on any atom is -0.467 e. The molecule has 0 bridgehead atoms. The Morgan fingerprint density at radius 1 is 1.19 bits per heavy atom. The zero-order valence-corrected chi connectivity index (χ0v) is 13.0. The second kappa shape index (κ2) is 7.27. The van der Waals surface area contributed by atoms with Gasteiger partial charge < -0.3 is 9.73 Å². The van der Waals surface area contributed by atoms with E-state index in [0.717, 1.165) is 31.9 Å². The molecule has 3 nitrogen and oxygen atoms in total. The first-order valence-electron chi connectivity index (χ1n) is 6.69. The van der Waals surface area contributed by atoms with Crippen molar-refractivity contribution >= 4 is 24.0 Å². The molecule has 3 rings (SSSR count). The third-order valence-corrected chi connectivity index (χ3v) is 3.90. The van der Waals surface area contributed by atoms with Gasteiger partial charge in [-0.3, -0.25) is 4.90 Å². The second-order valence-corrected chi connectivity index (χ2v) is 5.25. The number of nitrogens with one attached hydrogen (secondary N) is 1. The molecule has 0 radical (unpaired) electrons. The van der Waals surface area contributed by atoms with E-state index in [2.05, 4.69) is 10.2 Å². The SMILES string of the molecule is Cl.Fc1c(Cl)cccc1[C@H](c1ccco1)N1CCNCC1. The summed E-state index contributed by atoms with van der Waals surface area (Å²) in [6.07, 6.45) is 1.62. The monoisotopic (exact) mass is 330 g/mol. The van der Waals surface area contributed by atoms with Crippen molar-refractivity contribution in [2.45, 2.75) is 6.04 Å². The maximum atomic E-state index is 14.4. The fourth-order valence-electron chi connectivity index (χ4n) is 2.65. The standard InChI is InChI=1S/C15H16ClFN2O.ClH/c16-12-4-1-3-11(14(12)17)15(13-5-2-10-20-13)19-8-6-18-7-9-19;/h1-5,10,15,18H,6-9H2;1H/t15-;/m1./s1. The maximum absolute atomic E-state index is 14.4. The number of nitrogens with zero attached hydrogens (tertiary/aromatic N) is 1. The predicted octanol–water partition coefficient (Wildman–Crippen LogP) is 3.49. The van der Waals surface area contributed by atoms with Gasteiger partial charge in [0.05, 0.1) is 17.3 Å². The third-order valence-electron chi connectivity index (χ3n) is 3.61. The molecule has 1 aromatic carbocycles. The van der Waals surface area contributed by atoms with Gasteiger partial charge in [-0.2, -0.15) is 0 Å². The summed E-state index contributed by atoms with van der Waals surface area (Å²) >= 11 is 5.92. The van der Waals surface area contributed by atoms with Crippen LogP contribution in [0.25, 0.3) is 0 Å². The van der Waals surface area contributed by atoms with Crippen LogP contribution in [0.3, 0.4) is 0 Å². The summed E-state index contributed by atoms with van der Waals surface area (Å²) in [5, 5.41) is 3.45. The van der Waals surface area contributed by atoms with Gasteiger partial charge in [-0.1, -0.05) is 23.7 Å². The molecule has 1 saturated heterocycles. The molecule has 0 aliphatic carbocycles. The van der Waals surface area contributed by atoms with Crippen molar-refractivity contribution in [2.75, 3.05) is 26.2 Å². The molecular weight excluding hydrogens is 314 g/mol. The zero-order chi connectivity index (χ0) is 13.9. The van der Waals surface area contributed by atoms with Crippen molar-refractivity contribution in [2.24, 2.45) is 0 Å². The molecule has 1 aliphatic rings. The van der Waals surface area contributed by atoms with Gasteiger partial charge >= 0.3 is 0 Å². The van der Waals surface area contributed by atoms with E-state index in [9.17, 15) is 4.39 Å². The van der Waals surface area contributed by atoms with Crippen LogP contribution in [0.1, 0.15) is 17.4 Å².